The van der Waals surface area contributed by atoms with E-state index >= 15 is 0 Å². The van der Waals surface area contributed by atoms with E-state index in [1.165, 1.54) is 0 Å². The summed E-state index contributed by atoms with van der Waals surface area (Å²) in [6.07, 6.45) is 2.37. The molecule has 1 aromatic rings. The maximum atomic E-state index is 9.45. The molecule has 1 unspecified atom stereocenters. The Morgan fingerprint density at radius 2 is 1.93 bits per heavy atom. The highest BCUT2D eigenvalue weighted by molar-refractivity contribution is 5.20. The van der Waals surface area contributed by atoms with Gasteiger partial charge in [-0.25, -0.2) is 0 Å². The van der Waals surface area contributed by atoms with Gasteiger partial charge >= 0.3 is 0 Å². The lowest BCUT2D eigenvalue weighted by molar-refractivity contribution is 0.130. The monoisotopic (exact) mass is 194 g/mol. The summed E-state index contributed by atoms with van der Waals surface area (Å²) in [7, 11) is 0. The van der Waals surface area contributed by atoms with E-state index in [2.05, 4.69) is 6.92 Å². The largest absolute Gasteiger partial charge is 0.493 e. The molecule has 0 aliphatic heterocycles. The average molecular weight is 194 g/mol. The van der Waals surface area contributed by atoms with Crippen LogP contribution in [0.4, 0.5) is 0 Å². The quantitative estimate of drug-likeness (QED) is 0.754. The van der Waals surface area contributed by atoms with Crippen molar-refractivity contribution in [2.24, 2.45) is 0 Å². The molecular formula is C12H18O2. The van der Waals surface area contributed by atoms with Gasteiger partial charge in [0.1, 0.15) is 5.75 Å². The summed E-state index contributed by atoms with van der Waals surface area (Å²) >= 11 is 0. The first kappa shape index (κ1) is 11.1. The summed E-state index contributed by atoms with van der Waals surface area (Å²) in [6.45, 7) is 2.66. The van der Waals surface area contributed by atoms with Gasteiger partial charge in [0.25, 0.3) is 0 Å². The Hall–Kier alpha value is -1.02. The second kappa shape index (κ2) is 6.44. The van der Waals surface area contributed by atoms with E-state index in [0.717, 1.165) is 18.6 Å². The van der Waals surface area contributed by atoms with Gasteiger partial charge in [-0.15, -0.1) is 0 Å². The molecule has 14 heavy (non-hydrogen) atoms. The number of benzene rings is 1. The number of aliphatic hydroxyl groups is 1. The smallest absolute Gasteiger partial charge is 0.119 e. The van der Waals surface area contributed by atoms with E-state index in [4.69, 9.17) is 4.74 Å². The number of aliphatic hydroxyl groups excluding tert-OH is 1. The molecule has 0 aromatic heterocycles. The normalized spacial score (nSPS) is 12.4. The summed E-state index contributed by atoms with van der Waals surface area (Å²) < 4.78 is 5.46. The molecule has 0 spiro atoms. The summed E-state index contributed by atoms with van der Waals surface area (Å²) in [5, 5.41) is 9.45. The Bertz CT molecular complexity index is 233. The van der Waals surface area contributed by atoms with Gasteiger partial charge < -0.3 is 9.84 Å². The van der Waals surface area contributed by atoms with E-state index < -0.39 is 0 Å². The van der Waals surface area contributed by atoms with Crippen LogP contribution in [0.3, 0.4) is 0 Å². The minimum atomic E-state index is -0.219. The zero-order valence-electron chi connectivity index (χ0n) is 8.65. The number of hydrogen-bond donors (Lipinski definition) is 1. The molecule has 1 aromatic carbocycles. The molecule has 78 valence electrons. The third kappa shape index (κ3) is 4.28. The lowest BCUT2D eigenvalue weighted by Gasteiger charge is -2.10. The van der Waals surface area contributed by atoms with Crippen molar-refractivity contribution in [3.05, 3.63) is 30.3 Å². The Labute approximate surface area is 85.5 Å². The molecule has 0 bridgehead atoms. The predicted octanol–water partition coefficient (Wildman–Crippen LogP) is 2.62. The van der Waals surface area contributed by atoms with Gasteiger partial charge in [-0.2, -0.15) is 0 Å². The molecule has 0 fully saturated rings. The van der Waals surface area contributed by atoms with E-state index in [1.54, 1.807) is 0 Å². The molecule has 2 nitrogen and oxygen atoms in total. The molecule has 0 aliphatic carbocycles. The zero-order chi connectivity index (χ0) is 10.2. The van der Waals surface area contributed by atoms with Gasteiger partial charge in [0.15, 0.2) is 0 Å². The highest BCUT2D eigenvalue weighted by atomic mass is 16.5. The second-order valence-corrected chi connectivity index (χ2v) is 3.39. The Morgan fingerprint density at radius 1 is 1.21 bits per heavy atom. The Kier molecular flexibility index (Phi) is 5.08. The van der Waals surface area contributed by atoms with E-state index in [1.807, 2.05) is 30.3 Å². The Morgan fingerprint density at radius 3 is 2.57 bits per heavy atom. The first-order chi connectivity index (χ1) is 6.83. The third-order valence-electron chi connectivity index (χ3n) is 2.08. The molecule has 2 heteroatoms. The molecule has 0 heterocycles. The molecule has 0 aliphatic rings. The van der Waals surface area contributed by atoms with Crippen molar-refractivity contribution >= 4 is 0 Å². The molecule has 0 saturated carbocycles. The van der Waals surface area contributed by atoms with Crippen LogP contribution >= 0.6 is 0 Å². The van der Waals surface area contributed by atoms with Crippen molar-refractivity contribution in [1.29, 1.82) is 0 Å². The van der Waals surface area contributed by atoms with Crippen LogP contribution in [-0.2, 0) is 0 Å². The number of ether oxygens (including phenoxy) is 1. The van der Waals surface area contributed by atoms with E-state index in [-0.39, 0.29) is 6.10 Å². The summed E-state index contributed by atoms with van der Waals surface area (Å²) in [6, 6.07) is 9.69. The van der Waals surface area contributed by atoms with Gasteiger partial charge in [-0.05, 0) is 18.6 Å². The highest BCUT2D eigenvalue weighted by Gasteiger charge is 2.02. The Balaban J connectivity index is 2.16. The van der Waals surface area contributed by atoms with Crippen molar-refractivity contribution in [3.63, 3.8) is 0 Å². The maximum absolute atomic E-state index is 9.45. The maximum Gasteiger partial charge on any atom is 0.119 e. The van der Waals surface area contributed by atoms with Gasteiger partial charge in [0.05, 0.1) is 12.7 Å². The first-order valence-corrected chi connectivity index (χ1v) is 5.19. The van der Waals surface area contributed by atoms with Gasteiger partial charge in [0.2, 0.25) is 0 Å². The van der Waals surface area contributed by atoms with Crippen LogP contribution in [-0.4, -0.2) is 17.8 Å². The fourth-order valence-corrected chi connectivity index (χ4v) is 1.31. The topological polar surface area (TPSA) is 29.5 Å². The van der Waals surface area contributed by atoms with Crippen LogP contribution in [0, 0.1) is 0 Å². The van der Waals surface area contributed by atoms with Crippen molar-refractivity contribution < 1.29 is 9.84 Å². The van der Waals surface area contributed by atoms with Crippen molar-refractivity contribution in [1.82, 2.24) is 0 Å². The van der Waals surface area contributed by atoms with Gasteiger partial charge in [-0.1, -0.05) is 31.5 Å². The minimum Gasteiger partial charge on any atom is -0.493 e. The minimum absolute atomic E-state index is 0.219. The summed E-state index contributed by atoms with van der Waals surface area (Å²) in [5.74, 6) is 0.871. The molecule has 0 saturated heterocycles. The molecule has 1 atom stereocenters. The van der Waals surface area contributed by atoms with Crippen molar-refractivity contribution in [2.45, 2.75) is 32.3 Å². The van der Waals surface area contributed by atoms with E-state index in [9.17, 15) is 5.11 Å². The standard InChI is InChI=1S/C12H18O2/c1-2-6-11(13)9-10-14-12-7-4-3-5-8-12/h3-5,7-8,11,13H,2,6,9-10H2,1H3. The van der Waals surface area contributed by atoms with Gasteiger partial charge in [0, 0.05) is 6.42 Å². The van der Waals surface area contributed by atoms with Crippen LogP contribution in [0.2, 0.25) is 0 Å². The number of para-hydroxylation sites is 1. The lowest BCUT2D eigenvalue weighted by atomic mass is 10.1. The van der Waals surface area contributed by atoms with Crippen LogP contribution in [0.5, 0.6) is 5.75 Å². The lowest BCUT2D eigenvalue weighted by Crippen LogP contribution is -2.11. The number of hydrogen-bond acceptors (Lipinski definition) is 2. The van der Waals surface area contributed by atoms with Crippen LogP contribution in [0.15, 0.2) is 30.3 Å². The van der Waals surface area contributed by atoms with Crippen LogP contribution in [0.25, 0.3) is 0 Å². The van der Waals surface area contributed by atoms with E-state index in [0.29, 0.717) is 13.0 Å². The fraction of sp³-hybridized carbons (Fsp3) is 0.500. The number of rotatable bonds is 6. The van der Waals surface area contributed by atoms with Crippen molar-refractivity contribution in [3.8, 4) is 5.75 Å². The van der Waals surface area contributed by atoms with Crippen LogP contribution in [0.1, 0.15) is 26.2 Å². The fourth-order valence-electron chi connectivity index (χ4n) is 1.31. The first-order valence-electron chi connectivity index (χ1n) is 5.19. The highest BCUT2D eigenvalue weighted by Crippen LogP contribution is 2.09. The zero-order valence-corrected chi connectivity index (χ0v) is 8.65. The molecule has 1 rings (SSSR count). The SMILES string of the molecule is CCCC(O)CCOc1ccccc1. The summed E-state index contributed by atoms with van der Waals surface area (Å²) in [5.41, 5.74) is 0. The molecular weight excluding hydrogens is 176 g/mol. The molecule has 0 amide bonds. The molecule has 1 N–H and O–H groups in total. The third-order valence-corrected chi connectivity index (χ3v) is 2.08. The predicted molar refractivity (Wildman–Crippen MR) is 57.5 cm³/mol. The van der Waals surface area contributed by atoms with Gasteiger partial charge in [-0.3, -0.25) is 0 Å². The van der Waals surface area contributed by atoms with Crippen LogP contribution < -0.4 is 4.74 Å². The average Bonchev–Trinajstić information content (AvgIpc) is 2.20. The second-order valence-electron chi connectivity index (χ2n) is 3.39. The van der Waals surface area contributed by atoms with Crippen molar-refractivity contribution in [2.75, 3.05) is 6.61 Å². The molecule has 0 radical (unpaired) electrons. The summed E-state index contributed by atoms with van der Waals surface area (Å²) in [4.78, 5) is 0.